The van der Waals surface area contributed by atoms with E-state index in [9.17, 15) is 9.59 Å². The molecular formula is C11H18N2O2. The lowest BCUT2D eigenvalue weighted by molar-refractivity contribution is -0.135. The smallest absolute Gasteiger partial charge is 0.227 e. The maximum Gasteiger partial charge on any atom is 0.227 e. The fourth-order valence-corrected chi connectivity index (χ4v) is 2.24. The van der Waals surface area contributed by atoms with Crippen LogP contribution in [0.4, 0.5) is 0 Å². The van der Waals surface area contributed by atoms with Crippen molar-refractivity contribution in [3.63, 3.8) is 0 Å². The summed E-state index contributed by atoms with van der Waals surface area (Å²) < 4.78 is 0. The number of carbonyl (C=O) groups is 2. The van der Waals surface area contributed by atoms with E-state index in [1.165, 1.54) is 19.3 Å². The highest BCUT2D eigenvalue weighted by Crippen LogP contribution is 2.27. The largest absolute Gasteiger partial charge is 0.355 e. The topological polar surface area (TPSA) is 49.4 Å². The van der Waals surface area contributed by atoms with Crippen LogP contribution < -0.4 is 5.32 Å². The van der Waals surface area contributed by atoms with Crippen LogP contribution in [0.5, 0.6) is 0 Å². The standard InChI is InChI=1S/C11H18N2O2/c1-13(7-8-3-2-4-8)11(15)9-5-10(14)12-6-9/h8-9H,2-7H2,1H3,(H,12,14). The lowest BCUT2D eigenvalue weighted by atomic mass is 9.85. The van der Waals surface area contributed by atoms with Gasteiger partial charge in [-0.3, -0.25) is 9.59 Å². The molecule has 2 aliphatic rings. The number of hydrogen-bond acceptors (Lipinski definition) is 2. The summed E-state index contributed by atoms with van der Waals surface area (Å²) in [6, 6.07) is 0. The zero-order valence-corrected chi connectivity index (χ0v) is 9.16. The number of nitrogens with one attached hydrogen (secondary N) is 1. The van der Waals surface area contributed by atoms with Crippen molar-refractivity contribution in [1.82, 2.24) is 10.2 Å². The number of hydrogen-bond donors (Lipinski definition) is 1. The summed E-state index contributed by atoms with van der Waals surface area (Å²) in [5, 5.41) is 2.70. The van der Waals surface area contributed by atoms with Gasteiger partial charge in [-0.05, 0) is 18.8 Å². The van der Waals surface area contributed by atoms with Crippen LogP contribution in [0.25, 0.3) is 0 Å². The van der Waals surface area contributed by atoms with E-state index in [1.54, 1.807) is 4.90 Å². The van der Waals surface area contributed by atoms with E-state index in [-0.39, 0.29) is 17.7 Å². The maximum absolute atomic E-state index is 11.9. The third-order valence-corrected chi connectivity index (χ3v) is 3.46. The molecular weight excluding hydrogens is 192 g/mol. The second-order valence-electron chi connectivity index (χ2n) is 4.72. The molecule has 84 valence electrons. The molecule has 2 amide bonds. The molecule has 0 aromatic carbocycles. The Labute approximate surface area is 90.0 Å². The molecule has 1 unspecified atom stereocenters. The monoisotopic (exact) mass is 210 g/mol. The average molecular weight is 210 g/mol. The minimum atomic E-state index is -0.123. The molecule has 1 atom stereocenters. The van der Waals surface area contributed by atoms with Crippen LogP contribution in [0.15, 0.2) is 0 Å². The Kier molecular flexibility index (Phi) is 2.93. The third-order valence-electron chi connectivity index (χ3n) is 3.46. The zero-order valence-electron chi connectivity index (χ0n) is 9.16. The molecule has 2 rings (SSSR count). The fourth-order valence-electron chi connectivity index (χ4n) is 2.24. The quantitative estimate of drug-likeness (QED) is 0.732. The van der Waals surface area contributed by atoms with Crippen molar-refractivity contribution in [3.05, 3.63) is 0 Å². The Balaban J connectivity index is 1.81. The molecule has 1 heterocycles. The predicted molar refractivity (Wildman–Crippen MR) is 56.1 cm³/mol. The van der Waals surface area contributed by atoms with Gasteiger partial charge in [0.2, 0.25) is 11.8 Å². The van der Waals surface area contributed by atoms with Gasteiger partial charge in [0.1, 0.15) is 0 Å². The van der Waals surface area contributed by atoms with Crippen LogP contribution >= 0.6 is 0 Å². The first-order valence-electron chi connectivity index (χ1n) is 5.68. The van der Waals surface area contributed by atoms with Crippen LogP contribution in [0.1, 0.15) is 25.7 Å². The van der Waals surface area contributed by atoms with Crippen molar-refractivity contribution in [2.24, 2.45) is 11.8 Å². The van der Waals surface area contributed by atoms with Gasteiger partial charge in [-0.1, -0.05) is 6.42 Å². The normalized spacial score (nSPS) is 25.9. The van der Waals surface area contributed by atoms with Crippen LogP contribution in [-0.4, -0.2) is 36.9 Å². The molecule has 1 saturated carbocycles. The lowest BCUT2D eigenvalue weighted by Crippen LogP contribution is -2.38. The number of carbonyl (C=O) groups excluding carboxylic acids is 2. The van der Waals surface area contributed by atoms with Gasteiger partial charge in [0.25, 0.3) is 0 Å². The summed E-state index contributed by atoms with van der Waals surface area (Å²) in [6.07, 6.45) is 4.17. The molecule has 4 heteroatoms. The predicted octanol–water partition coefficient (Wildman–Crippen LogP) is 0.381. The van der Waals surface area contributed by atoms with Crippen molar-refractivity contribution < 1.29 is 9.59 Å². The molecule has 0 radical (unpaired) electrons. The molecule has 0 bridgehead atoms. The van der Waals surface area contributed by atoms with Crippen LogP contribution in [-0.2, 0) is 9.59 Å². The highest BCUT2D eigenvalue weighted by molar-refractivity contribution is 5.89. The molecule has 0 aromatic rings. The minimum Gasteiger partial charge on any atom is -0.355 e. The first-order valence-corrected chi connectivity index (χ1v) is 5.68. The molecule has 1 aliphatic carbocycles. The van der Waals surface area contributed by atoms with E-state index in [0.29, 0.717) is 18.9 Å². The van der Waals surface area contributed by atoms with Crippen LogP contribution in [0.3, 0.4) is 0 Å². The van der Waals surface area contributed by atoms with Crippen LogP contribution in [0.2, 0.25) is 0 Å². The van der Waals surface area contributed by atoms with Crippen molar-refractivity contribution in [3.8, 4) is 0 Å². The number of amides is 2. The Morgan fingerprint density at radius 3 is 2.73 bits per heavy atom. The van der Waals surface area contributed by atoms with Crippen molar-refractivity contribution >= 4 is 11.8 Å². The molecule has 0 aromatic heterocycles. The first-order chi connectivity index (χ1) is 7.16. The molecule has 4 nitrogen and oxygen atoms in total. The van der Waals surface area contributed by atoms with Crippen molar-refractivity contribution in [2.45, 2.75) is 25.7 Å². The van der Waals surface area contributed by atoms with Crippen molar-refractivity contribution in [2.75, 3.05) is 20.1 Å². The molecule has 1 N–H and O–H groups in total. The van der Waals surface area contributed by atoms with Gasteiger partial charge in [0, 0.05) is 26.6 Å². The van der Waals surface area contributed by atoms with Gasteiger partial charge < -0.3 is 10.2 Å². The van der Waals surface area contributed by atoms with Gasteiger partial charge in [0.15, 0.2) is 0 Å². The molecule has 2 fully saturated rings. The number of rotatable bonds is 3. The zero-order chi connectivity index (χ0) is 10.8. The maximum atomic E-state index is 11.9. The average Bonchev–Trinajstić information content (AvgIpc) is 2.56. The van der Waals surface area contributed by atoms with Gasteiger partial charge in [-0.15, -0.1) is 0 Å². The Morgan fingerprint density at radius 2 is 2.27 bits per heavy atom. The Morgan fingerprint density at radius 1 is 1.53 bits per heavy atom. The fraction of sp³-hybridized carbons (Fsp3) is 0.818. The summed E-state index contributed by atoms with van der Waals surface area (Å²) in [5.41, 5.74) is 0. The van der Waals surface area contributed by atoms with E-state index in [0.717, 1.165) is 6.54 Å². The highest BCUT2D eigenvalue weighted by atomic mass is 16.2. The van der Waals surface area contributed by atoms with E-state index < -0.39 is 0 Å². The first kappa shape index (κ1) is 10.5. The second-order valence-corrected chi connectivity index (χ2v) is 4.72. The van der Waals surface area contributed by atoms with E-state index in [4.69, 9.17) is 0 Å². The third kappa shape index (κ3) is 2.30. The van der Waals surface area contributed by atoms with Gasteiger partial charge in [-0.25, -0.2) is 0 Å². The summed E-state index contributed by atoms with van der Waals surface area (Å²) >= 11 is 0. The Hall–Kier alpha value is -1.06. The second kappa shape index (κ2) is 4.21. The van der Waals surface area contributed by atoms with E-state index in [1.807, 2.05) is 7.05 Å². The molecule has 15 heavy (non-hydrogen) atoms. The van der Waals surface area contributed by atoms with E-state index >= 15 is 0 Å². The minimum absolute atomic E-state index is 0.00499. The van der Waals surface area contributed by atoms with Crippen LogP contribution in [0, 0.1) is 11.8 Å². The summed E-state index contributed by atoms with van der Waals surface area (Å²) in [6.45, 7) is 1.39. The van der Waals surface area contributed by atoms with E-state index in [2.05, 4.69) is 5.32 Å². The summed E-state index contributed by atoms with van der Waals surface area (Å²) in [4.78, 5) is 24.7. The molecule has 1 aliphatic heterocycles. The SMILES string of the molecule is CN(CC1CCC1)C(=O)C1CNC(=O)C1. The molecule has 1 saturated heterocycles. The highest BCUT2D eigenvalue weighted by Gasteiger charge is 2.31. The molecule has 0 spiro atoms. The lowest BCUT2D eigenvalue weighted by Gasteiger charge is -2.31. The van der Waals surface area contributed by atoms with Gasteiger partial charge in [-0.2, -0.15) is 0 Å². The summed E-state index contributed by atoms with van der Waals surface area (Å²) in [7, 11) is 1.85. The summed E-state index contributed by atoms with van der Waals surface area (Å²) in [5.74, 6) is 0.706. The number of nitrogens with zero attached hydrogens (tertiary/aromatic N) is 1. The van der Waals surface area contributed by atoms with Gasteiger partial charge in [0.05, 0.1) is 5.92 Å². The Bertz CT molecular complexity index is 274. The van der Waals surface area contributed by atoms with Gasteiger partial charge >= 0.3 is 0 Å². The van der Waals surface area contributed by atoms with Crippen molar-refractivity contribution in [1.29, 1.82) is 0 Å².